The van der Waals surface area contributed by atoms with Gasteiger partial charge in [0.05, 0.1) is 0 Å². The van der Waals surface area contributed by atoms with Crippen LogP contribution in [0.25, 0.3) is 0 Å². The zero-order chi connectivity index (χ0) is 12.0. The van der Waals surface area contributed by atoms with Crippen LogP contribution in [0.2, 0.25) is 0 Å². The van der Waals surface area contributed by atoms with Crippen molar-refractivity contribution in [2.45, 2.75) is 20.4 Å². The van der Waals surface area contributed by atoms with E-state index in [0.29, 0.717) is 5.92 Å². The summed E-state index contributed by atoms with van der Waals surface area (Å²) in [7, 11) is 1.74. The Bertz CT molecular complexity index is 328. The minimum atomic E-state index is 0.557. The molecule has 1 rings (SSSR count). The lowest BCUT2D eigenvalue weighted by Gasteiger charge is -2.11. The van der Waals surface area contributed by atoms with Gasteiger partial charge in [0.15, 0.2) is 0 Å². The monoisotopic (exact) mass is 285 g/mol. The maximum absolute atomic E-state index is 5.10. The quantitative estimate of drug-likeness (QED) is 0.867. The predicted molar refractivity (Wildman–Crippen MR) is 71.6 cm³/mol. The summed E-state index contributed by atoms with van der Waals surface area (Å²) in [6.45, 7) is 7.02. The minimum Gasteiger partial charge on any atom is -0.384 e. The Labute approximate surface area is 107 Å². The van der Waals surface area contributed by atoms with E-state index in [1.54, 1.807) is 7.11 Å². The van der Waals surface area contributed by atoms with Crippen molar-refractivity contribution in [1.82, 2.24) is 5.32 Å². The maximum atomic E-state index is 5.10. The fraction of sp³-hybridized carbons (Fsp3) is 0.538. The van der Waals surface area contributed by atoms with Crippen LogP contribution in [0.4, 0.5) is 0 Å². The van der Waals surface area contributed by atoms with Crippen LogP contribution in [0, 0.1) is 12.8 Å². The van der Waals surface area contributed by atoms with Gasteiger partial charge in [-0.15, -0.1) is 0 Å². The summed E-state index contributed by atoms with van der Waals surface area (Å²) in [5.41, 5.74) is 2.61. The lowest BCUT2D eigenvalue weighted by Crippen LogP contribution is -2.23. The summed E-state index contributed by atoms with van der Waals surface area (Å²) >= 11 is 3.50. The average Bonchev–Trinajstić information content (AvgIpc) is 2.24. The first-order valence-corrected chi connectivity index (χ1v) is 6.37. The molecule has 3 heteroatoms. The van der Waals surface area contributed by atoms with E-state index in [2.05, 4.69) is 53.3 Å². The fourth-order valence-electron chi connectivity index (χ4n) is 1.62. The number of methoxy groups -OCH3 is 1. The Morgan fingerprint density at radius 2 is 2.19 bits per heavy atom. The summed E-state index contributed by atoms with van der Waals surface area (Å²) in [4.78, 5) is 0. The molecule has 2 nitrogen and oxygen atoms in total. The molecule has 90 valence electrons. The number of nitrogens with one attached hydrogen (secondary N) is 1. The van der Waals surface area contributed by atoms with E-state index in [-0.39, 0.29) is 0 Å². The van der Waals surface area contributed by atoms with Crippen molar-refractivity contribution in [3.8, 4) is 0 Å². The molecule has 0 heterocycles. The Balaban J connectivity index is 2.34. The van der Waals surface area contributed by atoms with Crippen molar-refractivity contribution in [2.24, 2.45) is 5.92 Å². The van der Waals surface area contributed by atoms with Crippen LogP contribution in [-0.4, -0.2) is 20.3 Å². The van der Waals surface area contributed by atoms with Crippen molar-refractivity contribution in [3.05, 3.63) is 33.8 Å². The van der Waals surface area contributed by atoms with Gasteiger partial charge >= 0.3 is 0 Å². The molecule has 0 saturated heterocycles. The third-order valence-electron chi connectivity index (χ3n) is 2.50. The van der Waals surface area contributed by atoms with E-state index in [9.17, 15) is 0 Å². The predicted octanol–water partition coefficient (Wildman–Crippen LogP) is 3.13. The van der Waals surface area contributed by atoms with Crippen LogP contribution < -0.4 is 5.32 Å². The SMILES string of the molecule is COCC(C)CNCc1ccc(Br)c(C)c1. The molecule has 1 unspecified atom stereocenters. The first-order chi connectivity index (χ1) is 7.63. The summed E-state index contributed by atoms with van der Waals surface area (Å²) in [6.07, 6.45) is 0. The molecule has 0 aliphatic carbocycles. The highest BCUT2D eigenvalue weighted by molar-refractivity contribution is 9.10. The number of ether oxygens (including phenoxy) is 1. The number of hydrogen-bond donors (Lipinski definition) is 1. The van der Waals surface area contributed by atoms with Crippen LogP contribution >= 0.6 is 15.9 Å². The van der Waals surface area contributed by atoms with Crippen molar-refractivity contribution >= 4 is 15.9 Å². The number of rotatable bonds is 6. The second kappa shape index (κ2) is 7.05. The molecule has 0 bridgehead atoms. The van der Waals surface area contributed by atoms with Gasteiger partial charge < -0.3 is 10.1 Å². The van der Waals surface area contributed by atoms with Crippen molar-refractivity contribution in [2.75, 3.05) is 20.3 Å². The normalized spacial score (nSPS) is 12.8. The first kappa shape index (κ1) is 13.7. The Morgan fingerprint density at radius 3 is 2.81 bits per heavy atom. The van der Waals surface area contributed by atoms with E-state index in [4.69, 9.17) is 4.74 Å². The Hall–Kier alpha value is -0.380. The molecule has 0 aromatic heterocycles. The number of aryl methyl sites for hydroxylation is 1. The second-order valence-electron chi connectivity index (χ2n) is 4.27. The van der Waals surface area contributed by atoms with Gasteiger partial charge in [0.1, 0.15) is 0 Å². The van der Waals surface area contributed by atoms with Crippen molar-refractivity contribution in [3.63, 3.8) is 0 Å². The lowest BCUT2D eigenvalue weighted by atomic mass is 10.1. The van der Waals surface area contributed by atoms with Gasteiger partial charge in [0, 0.05) is 31.3 Å². The number of benzene rings is 1. The molecular formula is C13H20BrNO. The molecule has 1 N–H and O–H groups in total. The molecule has 0 aliphatic rings. The molecule has 0 fully saturated rings. The summed E-state index contributed by atoms with van der Waals surface area (Å²) in [6, 6.07) is 6.45. The number of halogens is 1. The van der Waals surface area contributed by atoms with Gasteiger partial charge in [0.25, 0.3) is 0 Å². The van der Waals surface area contributed by atoms with E-state index in [1.165, 1.54) is 15.6 Å². The second-order valence-corrected chi connectivity index (χ2v) is 5.13. The van der Waals surface area contributed by atoms with Gasteiger partial charge in [-0.1, -0.05) is 35.0 Å². The van der Waals surface area contributed by atoms with Crippen LogP contribution in [0.5, 0.6) is 0 Å². The van der Waals surface area contributed by atoms with E-state index >= 15 is 0 Å². The third kappa shape index (κ3) is 4.64. The molecule has 0 aliphatic heterocycles. The van der Waals surface area contributed by atoms with Crippen LogP contribution in [0.3, 0.4) is 0 Å². The molecule has 1 aromatic rings. The van der Waals surface area contributed by atoms with Crippen LogP contribution in [0.1, 0.15) is 18.1 Å². The molecule has 1 aromatic carbocycles. The van der Waals surface area contributed by atoms with Gasteiger partial charge in [0.2, 0.25) is 0 Å². The molecule has 16 heavy (non-hydrogen) atoms. The van der Waals surface area contributed by atoms with Crippen LogP contribution in [-0.2, 0) is 11.3 Å². The zero-order valence-corrected chi connectivity index (χ0v) is 11.8. The maximum Gasteiger partial charge on any atom is 0.0499 e. The smallest absolute Gasteiger partial charge is 0.0499 e. The standard InChI is InChI=1S/C13H20BrNO/c1-10(9-16-3)7-15-8-12-4-5-13(14)11(2)6-12/h4-6,10,15H,7-9H2,1-3H3. The zero-order valence-electron chi connectivity index (χ0n) is 10.2. The van der Waals surface area contributed by atoms with E-state index in [0.717, 1.165) is 19.7 Å². The summed E-state index contributed by atoms with van der Waals surface area (Å²) < 4.78 is 6.27. The molecular weight excluding hydrogens is 266 g/mol. The highest BCUT2D eigenvalue weighted by Crippen LogP contribution is 2.16. The summed E-state index contributed by atoms with van der Waals surface area (Å²) in [5.74, 6) is 0.557. The van der Waals surface area contributed by atoms with Crippen LogP contribution in [0.15, 0.2) is 22.7 Å². The number of hydrogen-bond acceptors (Lipinski definition) is 2. The molecule has 0 spiro atoms. The topological polar surface area (TPSA) is 21.3 Å². The van der Waals surface area contributed by atoms with Gasteiger partial charge in [-0.3, -0.25) is 0 Å². The largest absolute Gasteiger partial charge is 0.384 e. The average molecular weight is 286 g/mol. The Kier molecular flexibility index (Phi) is 6.03. The highest BCUT2D eigenvalue weighted by Gasteiger charge is 2.01. The van der Waals surface area contributed by atoms with Crippen molar-refractivity contribution < 1.29 is 4.74 Å². The fourth-order valence-corrected chi connectivity index (χ4v) is 1.87. The molecule has 0 radical (unpaired) electrons. The molecule has 0 saturated carbocycles. The lowest BCUT2D eigenvalue weighted by molar-refractivity contribution is 0.158. The molecule has 1 atom stereocenters. The van der Waals surface area contributed by atoms with Gasteiger partial charge in [-0.25, -0.2) is 0 Å². The first-order valence-electron chi connectivity index (χ1n) is 5.58. The third-order valence-corrected chi connectivity index (χ3v) is 3.39. The van der Waals surface area contributed by atoms with Crippen molar-refractivity contribution in [1.29, 1.82) is 0 Å². The van der Waals surface area contributed by atoms with E-state index in [1.807, 2.05) is 0 Å². The van der Waals surface area contributed by atoms with E-state index < -0.39 is 0 Å². The Morgan fingerprint density at radius 1 is 1.44 bits per heavy atom. The summed E-state index contributed by atoms with van der Waals surface area (Å²) in [5, 5.41) is 3.44. The van der Waals surface area contributed by atoms with Gasteiger partial charge in [-0.05, 0) is 30.0 Å². The highest BCUT2D eigenvalue weighted by atomic mass is 79.9. The van der Waals surface area contributed by atoms with Gasteiger partial charge in [-0.2, -0.15) is 0 Å². The minimum absolute atomic E-state index is 0.557. The molecule has 0 amide bonds.